The Morgan fingerprint density at radius 3 is 2.71 bits per heavy atom. The first kappa shape index (κ1) is 23.1. The lowest BCUT2D eigenvalue weighted by molar-refractivity contribution is -0.113. The van der Waals surface area contributed by atoms with Gasteiger partial charge < -0.3 is 10.6 Å². The van der Waals surface area contributed by atoms with Gasteiger partial charge in [0.25, 0.3) is 5.91 Å². The van der Waals surface area contributed by atoms with Gasteiger partial charge in [0.05, 0.1) is 17.5 Å². The van der Waals surface area contributed by atoms with Crippen molar-refractivity contribution >= 4 is 40.9 Å². The highest BCUT2D eigenvalue weighted by atomic mass is 35.5. The Labute approximate surface area is 210 Å². The molecule has 35 heavy (non-hydrogen) atoms. The lowest BCUT2D eigenvalue weighted by Crippen LogP contribution is -2.31. The molecule has 1 aliphatic heterocycles. The number of benzene rings is 2. The van der Waals surface area contributed by atoms with Crippen molar-refractivity contribution in [3.63, 3.8) is 0 Å². The van der Waals surface area contributed by atoms with E-state index in [1.165, 1.54) is 23.9 Å². The summed E-state index contributed by atoms with van der Waals surface area (Å²) in [4.78, 5) is 22.1. The maximum absolute atomic E-state index is 13.7. The number of carbonyl (C=O) groups is 1. The van der Waals surface area contributed by atoms with Crippen LogP contribution in [0.25, 0.3) is 0 Å². The van der Waals surface area contributed by atoms with E-state index in [0.29, 0.717) is 44.4 Å². The maximum Gasteiger partial charge on any atom is 0.255 e. The van der Waals surface area contributed by atoms with Crippen LogP contribution in [0.15, 0.2) is 89.5 Å². The molecule has 0 spiro atoms. The molecule has 5 rings (SSSR count). The zero-order valence-electron chi connectivity index (χ0n) is 18.6. The van der Waals surface area contributed by atoms with Crippen LogP contribution in [-0.2, 0) is 10.5 Å². The van der Waals surface area contributed by atoms with Gasteiger partial charge in [0.2, 0.25) is 11.1 Å². The molecule has 2 aromatic carbocycles. The van der Waals surface area contributed by atoms with Crippen LogP contribution in [0.1, 0.15) is 24.1 Å². The van der Waals surface area contributed by atoms with Crippen molar-refractivity contribution < 1.29 is 9.18 Å². The van der Waals surface area contributed by atoms with E-state index in [1.807, 2.05) is 31.2 Å². The van der Waals surface area contributed by atoms with E-state index in [1.54, 1.807) is 41.3 Å². The second-order valence-corrected chi connectivity index (χ2v) is 9.21. The van der Waals surface area contributed by atoms with E-state index in [2.05, 4.69) is 20.6 Å². The summed E-state index contributed by atoms with van der Waals surface area (Å²) < 4.78 is 15.4. The third-order valence-corrected chi connectivity index (χ3v) is 6.75. The lowest BCUT2D eigenvalue weighted by atomic mass is 9.95. The summed E-state index contributed by atoms with van der Waals surface area (Å²) in [5.41, 5.74) is 3.32. The Kier molecular flexibility index (Phi) is 6.52. The Morgan fingerprint density at radius 1 is 1.17 bits per heavy atom. The van der Waals surface area contributed by atoms with Gasteiger partial charge in [-0.15, -0.1) is 5.10 Å². The number of halogens is 2. The van der Waals surface area contributed by atoms with Crippen LogP contribution in [0.4, 0.5) is 16.0 Å². The van der Waals surface area contributed by atoms with Crippen LogP contribution < -0.4 is 10.6 Å². The second-order valence-electron chi connectivity index (χ2n) is 7.86. The van der Waals surface area contributed by atoms with Gasteiger partial charge in [-0.05, 0) is 48.4 Å². The average Bonchev–Trinajstić information content (AvgIpc) is 3.26. The summed E-state index contributed by atoms with van der Waals surface area (Å²) in [5, 5.41) is 12.0. The molecule has 3 heterocycles. The first-order chi connectivity index (χ1) is 17.0. The van der Waals surface area contributed by atoms with Gasteiger partial charge in [-0.25, -0.2) is 9.07 Å². The van der Waals surface area contributed by atoms with Crippen molar-refractivity contribution in [1.82, 2.24) is 19.7 Å². The monoisotopic (exact) mass is 506 g/mol. The lowest BCUT2D eigenvalue weighted by Gasteiger charge is -2.28. The maximum atomic E-state index is 13.7. The molecule has 1 amide bonds. The van der Waals surface area contributed by atoms with Crippen molar-refractivity contribution in [2.75, 3.05) is 10.6 Å². The van der Waals surface area contributed by atoms with E-state index in [4.69, 9.17) is 16.7 Å². The molecule has 176 valence electrons. The van der Waals surface area contributed by atoms with Crippen molar-refractivity contribution in [2.45, 2.75) is 23.9 Å². The van der Waals surface area contributed by atoms with Crippen molar-refractivity contribution in [3.05, 3.63) is 106 Å². The molecular weight excluding hydrogens is 487 g/mol. The second kappa shape index (κ2) is 9.89. The van der Waals surface area contributed by atoms with E-state index in [-0.39, 0.29) is 11.7 Å². The third-order valence-electron chi connectivity index (χ3n) is 5.50. The van der Waals surface area contributed by atoms with Crippen LogP contribution in [0.5, 0.6) is 0 Å². The number of allylic oxidation sites excluding steroid dienone is 1. The number of amides is 1. The Bertz CT molecular complexity index is 1410. The molecule has 1 atom stereocenters. The molecule has 0 saturated heterocycles. The summed E-state index contributed by atoms with van der Waals surface area (Å²) in [7, 11) is 0. The number of anilines is 2. The van der Waals surface area contributed by atoms with Gasteiger partial charge in [-0.1, -0.05) is 53.7 Å². The summed E-state index contributed by atoms with van der Waals surface area (Å²) in [6.45, 7) is 1.81. The van der Waals surface area contributed by atoms with Crippen LogP contribution in [-0.4, -0.2) is 25.7 Å². The van der Waals surface area contributed by atoms with Crippen LogP contribution in [0.3, 0.4) is 0 Å². The van der Waals surface area contributed by atoms with Gasteiger partial charge in [0, 0.05) is 22.7 Å². The van der Waals surface area contributed by atoms with E-state index >= 15 is 0 Å². The average molecular weight is 507 g/mol. The first-order valence-electron chi connectivity index (χ1n) is 10.8. The molecule has 10 heteroatoms. The van der Waals surface area contributed by atoms with Crippen LogP contribution in [0, 0.1) is 5.82 Å². The highest BCUT2D eigenvalue weighted by molar-refractivity contribution is 7.98. The third kappa shape index (κ3) is 4.91. The minimum atomic E-state index is -0.606. The minimum absolute atomic E-state index is 0.316. The quantitative estimate of drug-likeness (QED) is 0.327. The van der Waals surface area contributed by atoms with E-state index < -0.39 is 6.04 Å². The number of nitrogens with one attached hydrogen (secondary N) is 2. The van der Waals surface area contributed by atoms with Gasteiger partial charge in [-0.2, -0.15) is 4.98 Å². The number of hydrogen-bond donors (Lipinski definition) is 2. The zero-order chi connectivity index (χ0) is 24.4. The van der Waals surface area contributed by atoms with Gasteiger partial charge in [-0.3, -0.25) is 9.78 Å². The highest BCUT2D eigenvalue weighted by Gasteiger charge is 2.34. The number of nitrogens with zero attached hydrogens (tertiary/aromatic N) is 4. The standard InChI is InChI=1S/C25H20ClFN6OS/c1-15-21(23(34)30-19-6-4-12-28-13-19)22(16-8-10-18(27)11-9-16)33-24(29-15)31-25(32-33)35-14-17-5-2-3-7-20(17)26/h2-13,22H,14H2,1H3,(H,30,34)(H,29,31,32)/t22-/m0/s1. The normalized spacial score (nSPS) is 14.9. The number of carbonyl (C=O) groups excluding carboxylic acids is 1. The van der Waals surface area contributed by atoms with E-state index in [9.17, 15) is 9.18 Å². The molecule has 4 aromatic rings. The van der Waals surface area contributed by atoms with Crippen molar-refractivity contribution in [3.8, 4) is 0 Å². The minimum Gasteiger partial charge on any atom is -0.328 e. The molecule has 0 fully saturated rings. The van der Waals surface area contributed by atoms with Crippen LogP contribution in [0.2, 0.25) is 5.02 Å². The van der Waals surface area contributed by atoms with Crippen molar-refractivity contribution in [1.29, 1.82) is 0 Å². The number of fused-ring (bicyclic) bond motifs is 1. The Hall–Kier alpha value is -3.69. The predicted octanol–water partition coefficient (Wildman–Crippen LogP) is 5.69. The van der Waals surface area contributed by atoms with E-state index in [0.717, 1.165) is 5.56 Å². The van der Waals surface area contributed by atoms with Crippen molar-refractivity contribution in [2.24, 2.45) is 0 Å². The SMILES string of the molecule is CC1=C(C(=O)Nc2cccnc2)[C@H](c2ccc(F)cc2)n2nc(SCc3ccccc3Cl)nc2N1. The Balaban J connectivity index is 1.49. The summed E-state index contributed by atoms with van der Waals surface area (Å²) >= 11 is 7.73. The first-order valence-corrected chi connectivity index (χ1v) is 12.1. The zero-order valence-corrected chi connectivity index (χ0v) is 20.1. The Morgan fingerprint density at radius 2 is 1.97 bits per heavy atom. The number of aromatic nitrogens is 4. The summed E-state index contributed by atoms with van der Waals surface area (Å²) in [5.74, 6) is 0.408. The molecular formula is C25H20ClFN6OS. The smallest absolute Gasteiger partial charge is 0.255 e. The summed E-state index contributed by atoms with van der Waals surface area (Å²) in [6, 6.07) is 16.5. The number of pyridine rings is 1. The largest absolute Gasteiger partial charge is 0.328 e. The number of thioether (sulfide) groups is 1. The highest BCUT2D eigenvalue weighted by Crippen LogP contribution is 2.37. The van der Waals surface area contributed by atoms with Crippen LogP contribution >= 0.6 is 23.4 Å². The fourth-order valence-corrected chi connectivity index (χ4v) is 4.95. The molecule has 0 unspecified atom stereocenters. The predicted molar refractivity (Wildman–Crippen MR) is 135 cm³/mol. The molecule has 2 aromatic heterocycles. The molecule has 2 N–H and O–H groups in total. The molecule has 0 aliphatic carbocycles. The fourth-order valence-electron chi connectivity index (χ4n) is 3.83. The molecule has 7 nitrogen and oxygen atoms in total. The fraction of sp³-hybridized carbons (Fsp3) is 0.120. The summed E-state index contributed by atoms with van der Waals surface area (Å²) in [6.07, 6.45) is 3.20. The molecule has 0 radical (unpaired) electrons. The molecule has 1 aliphatic rings. The molecule has 0 saturated carbocycles. The van der Waals surface area contributed by atoms with Gasteiger partial charge in [0.1, 0.15) is 11.9 Å². The number of rotatable bonds is 6. The topological polar surface area (TPSA) is 84.7 Å². The van der Waals surface area contributed by atoms with Gasteiger partial charge in [0.15, 0.2) is 0 Å². The molecule has 0 bridgehead atoms. The van der Waals surface area contributed by atoms with Gasteiger partial charge >= 0.3 is 0 Å². The number of hydrogen-bond acceptors (Lipinski definition) is 6.